The molecule has 0 radical (unpaired) electrons. The molecule has 1 amide bonds. The molecule has 1 aliphatic carbocycles. The molecule has 0 atom stereocenters. The monoisotopic (exact) mass is 282 g/mol. The van der Waals surface area contributed by atoms with Crippen molar-refractivity contribution in [1.29, 1.82) is 0 Å². The van der Waals surface area contributed by atoms with Crippen LogP contribution in [0.3, 0.4) is 0 Å². The molecule has 0 heterocycles. The highest BCUT2D eigenvalue weighted by molar-refractivity contribution is 6.31. The normalized spacial score (nSPS) is 16.8. The van der Waals surface area contributed by atoms with Gasteiger partial charge in [-0.2, -0.15) is 0 Å². The van der Waals surface area contributed by atoms with Gasteiger partial charge in [-0.1, -0.05) is 17.7 Å². The molecule has 0 aliphatic heterocycles. The summed E-state index contributed by atoms with van der Waals surface area (Å²) in [6, 6.07) is 5.38. The number of nitrogens with one attached hydrogen (secondary N) is 2. The van der Waals surface area contributed by atoms with Crippen LogP contribution in [0, 0.1) is 6.92 Å². The Kier molecular flexibility index (Phi) is 4.45. The van der Waals surface area contributed by atoms with E-state index in [1.54, 1.807) is 12.1 Å². The van der Waals surface area contributed by atoms with E-state index in [2.05, 4.69) is 10.6 Å². The summed E-state index contributed by atoms with van der Waals surface area (Å²) in [5.41, 5.74) is 1.09. The van der Waals surface area contributed by atoms with Crippen LogP contribution in [0.5, 0.6) is 0 Å². The van der Waals surface area contributed by atoms with E-state index in [1.807, 2.05) is 13.0 Å². The molecule has 5 heteroatoms. The number of hydrogen-bond acceptors (Lipinski definition) is 3. The summed E-state index contributed by atoms with van der Waals surface area (Å²) < 4.78 is 0. The SMILES string of the molecule is Cc1ccc(Cl)cc1NC(=O)CNCC1(O)CCC1. The quantitative estimate of drug-likeness (QED) is 0.775. The van der Waals surface area contributed by atoms with E-state index in [0.29, 0.717) is 11.6 Å². The fourth-order valence-corrected chi connectivity index (χ4v) is 2.27. The Morgan fingerprint density at radius 1 is 1.47 bits per heavy atom. The zero-order chi connectivity index (χ0) is 13.9. The number of hydrogen-bond donors (Lipinski definition) is 3. The molecule has 0 aromatic heterocycles. The molecule has 0 spiro atoms. The van der Waals surface area contributed by atoms with Crippen LogP contribution >= 0.6 is 11.6 Å². The first-order valence-electron chi connectivity index (χ1n) is 6.48. The predicted octanol–water partition coefficient (Wildman–Crippen LogP) is 2.09. The first kappa shape index (κ1) is 14.3. The lowest BCUT2D eigenvalue weighted by molar-refractivity contribution is -0.115. The Bertz CT molecular complexity index is 473. The highest BCUT2D eigenvalue weighted by Crippen LogP contribution is 2.30. The van der Waals surface area contributed by atoms with Crippen LogP contribution < -0.4 is 10.6 Å². The maximum Gasteiger partial charge on any atom is 0.238 e. The number of aliphatic hydroxyl groups is 1. The van der Waals surface area contributed by atoms with Crippen LogP contribution in [0.15, 0.2) is 18.2 Å². The minimum Gasteiger partial charge on any atom is -0.389 e. The van der Waals surface area contributed by atoms with E-state index >= 15 is 0 Å². The second-order valence-electron chi connectivity index (χ2n) is 5.19. The van der Waals surface area contributed by atoms with Crippen molar-refractivity contribution in [2.75, 3.05) is 18.4 Å². The van der Waals surface area contributed by atoms with Gasteiger partial charge in [-0.05, 0) is 43.9 Å². The van der Waals surface area contributed by atoms with Gasteiger partial charge in [0.1, 0.15) is 0 Å². The van der Waals surface area contributed by atoms with Crippen molar-refractivity contribution in [3.05, 3.63) is 28.8 Å². The van der Waals surface area contributed by atoms with Crippen LogP contribution in [0.2, 0.25) is 5.02 Å². The second kappa shape index (κ2) is 5.90. The van der Waals surface area contributed by atoms with Gasteiger partial charge in [-0.25, -0.2) is 0 Å². The zero-order valence-electron chi connectivity index (χ0n) is 11.0. The fraction of sp³-hybridized carbons (Fsp3) is 0.500. The number of halogens is 1. The van der Waals surface area contributed by atoms with E-state index in [9.17, 15) is 9.90 Å². The number of benzene rings is 1. The lowest BCUT2D eigenvalue weighted by atomic mass is 9.80. The number of carbonyl (C=O) groups is 1. The van der Waals surface area contributed by atoms with Gasteiger partial charge in [0.25, 0.3) is 0 Å². The molecule has 0 bridgehead atoms. The van der Waals surface area contributed by atoms with Gasteiger partial charge < -0.3 is 15.7 Å². The van der Waals surface area contributed by atoms with Crippen molar-refractivity contribution in [2.45, 2.75) is 31.8 Å². The first-order valence-corrected chi connectivity index (χ1v) is 6.85. The fourth-order valence-electron chi connectivity index (χ4n) is 2.09. The van der Waals surface area contributed by atoms with Crippen LogP contribution in [-0.2, 0) is 4.79 Å². The van der Waals surface area contributed by atoms with E-state index in [1.165, 1.54) is 0 Å². The van der Waals surface area contributed by atoms with Gasteiger partial charge in [-0.3, -0.25) is 4.79 Å². The van der Waals surface area contributed by atoms with Crippen molar-refractivity contribution in [2.24, 2.45) is 0 Å². The molecule has 4 nitrogen and oxygen atoms in total. The number of carbonyl (C=O) groups excluding carboxylic acids is 1. The van der Waals surface area contributed by atoms with Gasteiger partial charge in [0.2, 0.25) is 5.91 Å². The van der Waals surface area contributed by atoms with Gasteiger partial charge in [-0.15, -0.1) is 0 Å². The van der Waals surface area contributed by atoms with E-state index in [-0.39, 0.29) is 12.5 Å². The van der Waals surface area contributed by atoms with Crippen LogP contribution in [-0.4, -0.2) is 29.7 Å². The number of anilines is 1. The van der Waals surface area contributed by atoms with E-state index in [4.69, 9.17) is 11.6 Å². The molecule has 19 heavy (non-hydrogen) atoms. The highest BCUT2D eigenvalue weighted by atomic mass is 35.5. The largest absolute Gasteiger partial charge is 0.389 e. The third kappa shape index (κ3) is 3.93. The molecule has 104 valence electrons. The van der Waals surface area contributed by atoms with E-state index < -0.39 is 5.60 Å². The molecule has 0 unspecified atom stereocenters. The third-order valence-corrected chi connectivity index (χ3v) is 3.73. The Balaban J connectivity index is 1.79. The van der Waals surface area contributed by atoms with Crippen molar-refractivity contribution in [3.8, 4) is 0 Å². The van der Waals surface area contributed by atoms with Crippen molar-refractivity contribution in [1.82, 2.24) is 5.32 Å². The first-order chi connectivity index (χ1) is 8.98. The molecule has 1 aromatic rings. The zero-order valence-corrected chi connectivity index (χ0v) is 11.8. The average Bonchev–Trinajstić information content (AvgIpc) is 2.32. The highest BCUT2D eigenvalue weighted by Gasteiger charge is 2.33. The summed E-state index contributed by atoms with van der Waals surface area (Å²) in [5.74, 6) is -0.131. The number of aryl methyl sites for hydroxylation is 1. The van der Waals surface area contributed by atoms with Crippen LogP contribution in [0.25, 0.3) is 0 Å². The Morgan fingerprint density at radius 2 is 2.21 bits per heavy atom. The Morgan fingerprint density at radius 3 is 2.84 bits per heavy atom. The number of amides is 1. The molecule has 1 saturated carbocycles. The van der Waals surface area contributed by atoms with Crippen molar-refractivity contribution < 1.29 is 9.90 Å². The molecular weight excluding hydrogens is 264 g/mol. The summed E-state index contributed by atoms with van der Waals surface area (Å²) in [4.78, 5) is 11.8. The summed E-state index contributed by atoms with van der Waals surface area (Å²) in [7, 11) is 0. The van der Waals surface area contributed by atoms with Gasteiger partial charge in [0, 0.05) is 17.3 Å². The predicted molar refractivity (Wildman–Crippen MR) is 76.5 cm³/mol. The van der Waals surface area contributed by atoms with Crippen LogP contribution in [0.4, 0.5) is 5.69 Å². The molecule has 1 aromatic carbocycles. The minimum absolute atomic E-state index is 0.131. The maximum atomic E-state index is 11.8. The summed E-state index contributed by atoms with van der Waals surface area (Å²) in [6.07, 6.45) is 2.69. The van der Waals surface area contributed by atoms with Gasteiger partial charge >= 0.3 is 0 Å². The molecule has 1 fully saturated rings. The van der Waals surface area contributed by atoms with Gasteiger partial charge in [0.15, 0.2) is 0 Å². The van der Waals surface area contributed by atoms with Crippen molar-refractivity contribution in [3.63, 3.8) is 0 Å². The second-order valence-corrected chi connectivity index (χ2v) is 5.63. The molecule has 0 saturated heterocycles. The molecule has 2 rings (SSSR count). The summed E-state index contributed by atoms with van der Waals surface area (Å²) in [6.45, 7) is 2.57. The van der Waals surface area contributed by atoms with E-state index in [0.717, 1.165) is 30.5 Å². The molecule has 3 N–H and O–H groups in total. The standard InChI is InChI=1S/C14H19ClN2O2/c1-10-3-4-11(15)7-12(10)17-13(18)8-16-9-14(19)5-2-6-14/h3-4,7,16,19H,2,5-6,8-9H2,1H3,(H,17,18). The topological polar surface area (TPSA) is 61.4 Å². The summed E-state index contributed by atoms with van der Waals surface area (Å²) in [5, 5.41) is 16.3. The third-order valence-electron chi connectivity index (χ3n) is 3.50. The lowest BCUT2D eigenvalue weighted by Gasteiger charge is -2.36. The van der Waals surface area contributed by atoms with Crippen LogP contribution in [0.1, 0.15) is 24.8 Å². The Labute approximate surface area is 118 Å². The smallest absolute Gasteiger partial charge is 0.238 e. The Hall–Kier alpha value is -1.10. The lowest BCUT2D eigenvalue weighted by Crippen LogP contribution is -2.47. The maximum absolute atomic E-state index is 11.8. The average molecular weight is 283 g/mol. The minimum atomic E-state index is -0.605. The summed E-state index contributed by atoms with van der Waals surface area (Å²) >= 11 is 5.89. The van der Waals surface area contributed by atoms with Crippen molar-refractivity contribution >= 4 is 23.2 Å². The molecular formula is C14H19ClN2O2. The molecule has 1 aliphatic rings. The number of rotatable bonds is 5. The van der Waals surface area contributed by atoms with Gasteiger partial charge in [0.05, 0.1) is 12.1 Å².